The van der Waals surface area contributed by atoms with Crippen LogP contribution in [0.25, 0.3) is 6.08 Å². The molecule has 0 spiro atoms. The van der Waals surface area contributed by atoms with E-state index in [1.54, 1.807) is 48.5 Å². The fraction of sp³-hybridized carbons (Fsp3) is 0.150. The molecule has 7 heteroatoms. The van der Waals surface area contributed by atoms with Crippen molar-refractivity contribution in [3.63, 3.8) is 0 Å². The number of halogens is 1. The molecule has 0 aliphatic carbocycles. The second kappa shape index (κ2) is 10.1. The highest BCUT2D eigenvalue weighted by atomic mass is 35.5. The molecular weight excluding hydrogens is 370 g/mol. The third kappa shape index (κ3) is 6.60. The number of nitrogens with one attached hydrogen (secondary N) is 1. The van der Waals surface area contributed by atoms with E-state index in [0.717, 1.165) is 5.56 Å². The van der Waals surface area contributed by atoms with E-state index in [1.807, 2.05) is 0 Å². The molecular formula is C20H18ClNO5. The summed E-state index contributed by atoms with van der Waals surface area (Å²) < 4.78 is 9.49. The minimum atomic E-state index is -0.646. The van der Waals surface area contributed by atoms with Crippen LogP contribution in [0.3, 0.4) is 0 Å². The van der Waals surface area contributed by atoms with Gasteiger partial charge in [-0.15, -0.1) is 0 Å². The van der Waals surface area contributed by atoms with Gasteiger partial charge in [-0.25, -0.2) is 9.59 Å². The molecule has 0 unspecified atom stereocenters. The number of hydrogen-bond donors (Lipinski definition) is 1. The van der Waals surface area contributed by atoms with Crippen molar-refractivity contribution in [2.75, 3.05) is 13.7 Å². The van der Waals surface area contributed by atoms with Gasteiger partial charge in [0.05, 0.1) is 12.7 Å². The van der Waals surface area contributed by atoms with Crippen LogP contribution in [0.4, 0.5) is 0 Å². The van der Waals surface area contributed by atoms with E-state index in [1.165, 1.54) is 19.3 Å². The summed E-state index contributed by atoms with van der Waals surface area (Å²) in [5, 5.41) is 3.13. The Morgan fingerprint density at radius 3 is 2.44 bits per heavy atom. The summed E-state index contributed by atoms with van der Waals surface area (Å²) in [4.78, 5) is 34.8. The van der Waals surface area contributed by atoms with E-state index in [-0.39, 0.29) is 6.54 Å². The Labute approximate surface area is 161 Å². The summed E-state index contributed by atoms with van der Waals surface area (Å²) >= 11 is 5.98. The first-order chi connectivity index (χ1) is 13.0. The van der Waals surface area contributed by atoms with E-state index in [2.05, 4.69) is 10.1 Å². The average molecular weight is 388 g/mol. The van der Waals surface area contributed by atoms with Crippen LogP contribution in [0.2, 0.25) is 5.02 Å². The SMILES string of the molecule is COC(=O)c1ccc(CNC(=O)COC(=O)C=Cc2ccccc2Cl)cc1. The lowest BCUT2D eigenvalue weighted by atomic mass is 10.1. The maximum Gasteiger partial charge on any atom is 0.337 e. The average Bonchev–Trinajstić information content (AvgIpc) is 2.69. The minimum Gasteiger partial charge on any atom is -0.465 e. The highest BCUT2D eigenvalue weighted by Crippen LogP contribution is 2.16. The van der Waals surface area contributed by atoms with Crippen LogP contribution in [0, 0.1) is 0 Å². The second-order valence-electron chi connectivity index (χ2n) is 5.43. The van der Waals surface area contributed by atoms with Gasteiger partial charge in [-0.2, -0.15) is 0 Å². The van der Waals surface area contributed by atoms with Crippen LogP contribution in [-0.4, -0.2) is 31.6 Å². The number of hydrogen-bond acceptors (Lipinski definition) is 5. The van der Waals surface area contributed by atoms with Gasteiger partial charge in [0, 0.05) is 17.6 Å². The normalized spacial score (nSPS) is 10.4. The van der Waals surface area contributed by atoms with Crippen molar-refractivity contribution >= 4 is 35.5 Å². The van der Waals surface area contributed by atoms with Crippen molar-refractivity contribution in [3.8, 4) is 0 Å². The van der Waals surface area contributed by atoms with Gasteiger partial charge in [0.1, 0.15) is 0 Å². The zero-order valence-corrected chi connectivity index (χ0v) is 15.4. The third-order valence-electron chi connectivity index (χ3n) is 3.51. The molecule has 6 nitrogen and oxygen atoms in total. The van der Waals surface area contributed by atoms with E-state index in [4.69, 9.17) is 16.3 Å². The van der Waals surface area contributed by atoms with Gasteiger partial charge in [0.15, 0.2) is 6.61 Å². The standard InChI is InChI=1S/C20H18ClNO5/c1-26-20(25)16-8-6-14(7-9-16)12-22-18(23)13-27-19(24)11-10-15-4-2-3-5-17(15)21/h2-11H,12-13H2,1H3,(H,22,23). The summed E-state index contributed by atoms with van der Waals surface area (Å²) in [5.74, 6) is -1.51. The zero-order valence-electron chi connectivity index (χ0n) is 14.6. The van der Waals surface area contributed by atoms with Crippen molar-refractivity contribution in [2.45, 2.75) is 6.54 Å². The molecule has 0 aromatic heterocycles. The summed E-state index contributed by atoms with van der Waals surface area (Å²) in [6.07, 6.45) is 2.73. The number of benzene rings is 2. The van der Waals surface area contributed by atoms with Crippen LogP contribution < -0.4 is 5.32 Å². The lowest BCUT2D eigenvalue weighted by Crippen LogP contribution is -2.28. The van der Waals surface area contributed by atoms with Gasteiger partial charge in [-0.3, -0.25) is 4.79 Å². The van der Waals surface area contributed by atoms with Gasteiger partial charge in [-0.1, -0.05) is 41.9 Å². The molecule has 0 saturated carbocycles. The Morgan fingerprint density at radius 1 is 1.07 bits per heavy atom. The van der Waals surface area contributed by atoms with Crippen LogP contribution in [0.5, 0.6) is 0 Å². The first-order valence-corrected chi connectivity index (χ1v) is 8.40. The lowest BCUT2D eigenvalue weighted by Gasteiger charge is -2.06. The Balaban J connectivity index is 1.75. The Bertz CT molecular complexity index is 846. The fourth-order valence-electron chi connectivity index (χ4n) is 2.08. The number of amides is 1. The lowest BCUT2D eigenvalue weighted by molar-refractivity contribution is -0.143. The molecule has 0 saturated heterocycles. The Kier molecular flexibility index (Phi) is 7.58. The van der Waals surface area contributed by atoms with E-state index in [0.29, 0.717) is 16.1 Å². The Hall–Kier alpha value is -3.12. The van der Waals surface area contributed by atoms with Crippen LogP contribution >= 0.6 is 11.6 Å². The van der Waals surface area contributed by atoms with Crippen molar-refractivity contribution in [1.29, 1.82) is 0 Å². The monoisotopic (exact) mass is 387 g/mol. The quantitative estimate of drug-likeness (QED) is 0.583. The molecule has 0 aliphatic rings. The molecule has 0 heterocycles. The first-order valence-electron chi connectivity index (χ1n) is 8.03. The van der Waals surface area contributed by atoms with Crippen LogP contribution in [0.15, 0.2) is 54.6 Å². The first kappa shape index (κ1) is 20.2. The predicted molar refractivity (Wildman–Crippen MR) is 101 cm³/mol. The Morgan fingerprint density at radius 2 is 1.78 bits per heavy atom. The number of rotatable bonds is 7. The van der Waals surface area contributed by atoms with Gasteiger partial charge in [-0.05, 0) is 35.4 Å². The highest BCUT2D eigenvalue weighted by molar-refractivity contribution is 6.32. The molecule has 0 bridgehead atoms. The number of carbonyl (C=O) groups is 3. The van der Waals surface area contributed by atoms with E-state index < -0.39 is 24.5 Å². The number of methoxy groups -OCH3 is 1. The molecule has 2 rings (SSSR count). The molecule has 1 N–H and O–H groups in total. The summed E-state index contributed by atoms with van der Waals surface area (Å²) in [6.45, 7) is -0.154. The predicted octanol–water partition coefficient (Wildman–Crippen LogP) is 3.00. The van der Waals surface area contributed by atoms with Crippen molar-refractivity contribution in [3.05, 3.63) is 76.3 Å². The maximum absolute atomic E-state index is 11.8. The van der Waals surface area contributed by atoms with Crippen LogP contribution in [0.1, 0.15) is 21.5 Å². The second-order valence-corrected chi connectivity index (χ2v) is 5.83. The molecule has 0 fully saturated rings. The zero-order chi connectivity index (χ0) is 19.6. The molecule has 0 aliphatic heterocycles. The smallest absolute Gasteiger partial charge is 0.337 e. The van der Waals surface area contributed by atoms with Gasteiger partial charge in [0.25, 0.3) is 5.91 Å². The van der Waals surface area contributed by atoms with Gasteiger partial charge < -0.3 is 14.8 Å². The summed E-state index contributed by atoms with van der Waals surface area (Å²) in [7, 11) is 1.31. The summed E-state index contributed by atoms with van der Waals surface area (Å²) in [5.41, 5.74) is 1.89. The van der Waals surface area contributed by atoms with Gasteiger partial charge >= 0.3 is 11.9 Å². The number of carbonyl (C=O) groups excluding carboxylic acids is 3. The third-order valence-corrected chi connectivity index (χ3v) is 3.86. The minimum absolute atomic E-state index is 0.243. The summed E-state index contributed by atoms with van der Waals surface area (Å²) in [6, 6.07) is 13.6. The molecule has 140 valence electrons. The van der Waals surface area contributed by atoms with Crippen molar-refractivity contribution < 1.29 is 23.9 Å². The molecule has 0 atom stereocenters. The number of ether oxygens (including phenoxy) is 2. The van der Waals surface area contributed by atoms with Crippen LogP contribution in [-0.2, 0) is 25.6 Å². The molecule has 0 radical (unpaired) electrons. The van der Waals surface area contributed by atoms with Crippen molar-refractivity contribution in [1.82, 2.24) is 5.32 Å². The molecule has 1 amide bonds. The molecule has 2 aromatic carbocycles. The highest BCUT2D eigenvalue weighted by Gasteiger charge is 2.07. The fourth-order valence-corrected chi connectivity index (χ4v) is 2.28. The van der Waals surface area contributed by atoms with Gasteiger partial charge in [0.2, 0.25) is 0 Å². The topological polar surface area (TPSA) is 81.7 Å². The molecule has 2 aromatic rings. The maximum atomic E-state index is 11.8. The van der Waals surface area contributed by atoms with E-state index >= 15 is 0 Å². The largest absolute Gasteiger partial charge is 0.465 e. The molecule has 27 heavy (non-hydrogen) atoms. The number of esters is 2. The van der Waals surface area contributed by atoms with E-state index in [9.17, 15) is 14.4 Å². The van der Waals surface area contributed by atoms with Crippen molar-refractivity contribution in [2.24, 2.45) is 0 Å².